The number of hydrogen-bond acceptors (Lipinski definition) is 5. The third-order valence-corrected chi connectivity index (χ3v) is 6.49. The molecular formula is C23H25N3O4S. The van der Waals surface area contributed by atoms with Gasteiger partial charge >= 0.3 is 0 Å². The van der Waals surface area contributed by atoms with Crippen molar-refractivity contribution in [2.45, 2.75) is 25.2 Å². The van der Waals surface area contributed by atoms with Crippen LogP contribution in [0.25, 0.3) is 17.2 Å². The number of benzene rings is 2. The van der Waals surface area contributed by atoms with Gasteiger partial charge in [-0.2, -0.15) is 0 Å². The van der Waals surface area contributed by atoms with Crippen LogP contribution in [0.1, 0.15) is 36.6 Å². The van der Waals surface area contributed by atoms with Gasteiger partial charge in [-0.1, -0.05) is 42.5 Å². The van der Waals surface area contributed by atoms with E-state index in [2.05, 4.69) is 9.71 Å². The highest BCUT2D eigenvalue weighted by Crippen LogP contribution is 2.30. The van der Waals surface area contributed by atoms with Crippen LogP contribution in [0.5, 0.6) is 0 Å². The molecule has 0 saturated carbocycles. The Morgan fingerprint density at radius 1 is 1.10 bits per heavy atom. The largest absolute Gasteiger partial charge is 0.440 e. The van der Waals surface area contributed by atoms with Gasteiger partial charge in [-0.15, -0.1) is 0 Å². The first-order valence-electron chi connectivity index (χ1n) is 10.4. The number of likely N-dealkylation sites (tertiary alicyclic amines) is 1. The molecule has 0 spiro atoms. The summed E-state index contributed by atoms with van der Waals surface area (Å²) < 4.78 is 32.5. The molecule has 0 atom stereocenters. The van der Waals surface area contributed by atoms with Gasteiger partial charge in [-0.05, 0) is 36.6 Å². The Hall–Kier alpha value is -2.97. The van der Waals surface area contributed by atoms with Crippen LogP contribution in [0.15, 0.2) is 64.4 Å². The predicted octanol–water partition coefficient (Wildman–Crippen LogP) is 3.51. The fraction of sp³-hybridized carbons (Fsp3) is 0.304. The number of nitrogens with zero attached hydrogens (tertiary/aromatic N) is 2. The minimum Gasteiger partial charge on any atom is -0.440 e. The molecule has 1 fully saturated rings. The van der Waals surface area contributed by atoms with Crippen molar-refractivity contribution in [3.05, 3.63) is 71.5 Å². The second kappa shape index (κ2) is 9.45. The Kier molecular flexibility index (Phi) is 6.48. The average Bonchev–Trinajstić information content (AvgIpc) is 3.23. The lowest BCUT2D eigenvalue weighted by atomic mass is 9.96. The Morgan fingerprint density at radius 3 is 2.55 bits per heavy atom. The van der Waals surface area contributed by atoms with Crippen LogP contribution < -0.4 is 4.72 Å². The molecule has 7 nitrogen and oxygen atoms in total. The Bertz CT molecular complexity index is 1130. The smallest absolute Gasteiger partial charge is 0.233 e. The number of oxazole rings is 1. The number of sulfonamides is 1. The third-order valence-electron chi connectivity index (χ3n) is 5.39. The summed E-state index contributed by atoms with van der Waals surface area (Å²) in [5.41, 5.74) is 2.43. The van der Waals surface area contributed by atoms with Gasteiger partial charge < -0.3 is 9.32 Å². The number of amides is 1. The molecule has 3 aromatic rings. The number of nitrogens with one attached hydrogen (secondary N) is 1. The van der Waals surface area contributed by atoms with E-state index < -0.39 is 10.0 Å². The maximum atomic E-state index is 12.5. The molecule has 1 amide bonds. The molecule has 31 heavy (non-hydrogen) atoms. The summed E-state index contributed by atoms with van der Waals surface area (Å²) in [6.45, 7) is 1.30. The number of rotatable bonds is 7. The van der Waals surface area contributed by atoms with E-state index in [1.165, 1.54) is 6.08 Å². The van der Waals surface area contributed by atoms with Crippen LogP contribution >= 0.6 is 0 Å². The monoisotopic (exact) mass is 439 g/mol. The summed E-state index contributed by atoms with van der Waals surface area (Å²) in [7, 11) is -3.59. The quantitative estimate of drug-likeness (QED) is 0.608. The van der Waals surface area contributed by atoms with Crippen molar-refractivity contribution in [2.24, 2.45) is 0 Å². The summed E-state index contributed by atoms with van der Waals surface area (Å²) in [6.07, 6.45) is 3.22. The molecule has 1 saturated heterocycles. The van der Waals surface area contributed by atoms with Crippen molar-refractivity contribution in [3.63, 3.8) is 0 Å². The molecule has 162 valence electrons. The molecule has 0 bridgehead atoms. The van der Waals surface area contributed by atoms with Crippen LogP contribution in [-0.2, 0) is 14.8 Å². The third kappa shape index (κ3) is 5.59. The Labute approximate surface area is 181 Å². The van der Waals surface area contributed by atoms with Gasteiger partial charge in [0.05, 0.1) is 0 Å². The lowest BCUT2D eigenvalue weighted by Gasteiger charge is -2.30. The van der Waals surface area contributed by atoms with Crippen LogP contribution in [0.2, 0.25) is 0 Å². The van der Waals surface area contributed by atoms with Gasteiger partial charge in [0, 0.05) is 37.4 Å². The van der Waals surface area contributed by atoms with E-state index >= 15 is 0 Å². The zero-order valence-corrected chi connectivity index (χ0v) is 17.9. The zero-order valence-electron chi connectivity index (χ0n) is 17.1. The van der Waals surface area contributed by atoms with Crippen LogP contribution in [0.3, 0.4) is 0 Å². The normalized spacial score (nSPS) is 15.7. The minimum absolute atomic E-state index is 0.0502. The van der Waals surface area contributed by atoms with E-state index in [4.69, 9.17) is 4.42 Å². The number of carbonyl (C=O) groups excluding carboxylic acids is 1. The first-order chi connectivity index (χ1) is 15.0. The molecule has 2 aromatic carbocycles. The first kappa shape index (κ1) is 21.3. The van der Waals surface area contributed by atoms with Gasteiger partial charge in [0.25, 0.3) is 0 Å². The topological polar surface area (TPSA) is 92.5 Å². The number of aromatic nitrogens is 1. The van der Waals surface area contributed by atoms with E-state index in [1.807, 2.05) is 54.6 Å². The molecule has 0 radical (unpaired) electrons. The number of hydrogen-bond donors (Lipinski definition) is 1. The fourth-order valence-corrected chi connectivity index (χ4v) is 4.50. The van der Waals surface area contributed by atoms with Crippen molar-refractivity contribution in [2.75, 3.05) is 19.6 Å². The van der Waals surface area contributed by atoms with Crippen molar-refractivity contribution in [1.82, 2.24) is 14.6 Å². The van der Waals surface area contributed by atoms with E-state index in [-0.39, 0.29) is 24.8 Å². The number of fused-ring (bicyclic) bond motifs is 1. The summed E-state index contributed by atoms with van der Waals surface area (Å²) >= 11 is 0. The zero-order chi connectivity index (χ0) is 21.7. The maximum Gasteiger partial charge on any atom is 0.233 e. The second-order valence-corrected chi connectivity index (χ2v) is 9.23. The highest BCUT2D eigenvalue weighted by molar-refractivity contribution is 7.92. The Morgan fingerprint density at radius 2 is 1.81 bits per heavy atom. The number of para-hydroxylation sites is 2. The van der Waals surface area contributed by atoms with Gasteiger partial charge in [0.15, 0.2) is 11.5 Å². The van der Waals surface area contributed by atoms with Crippen LogP contribution in [-0.4, -0.2) is 43.8 Å². The maximum absolute atomic E-state index is 12.5. The SMILES string of the molecule is O=C(CCNS(=O)(=O)/C=C/c1ccccc1)N1CCC(c2nc3ccccc3o2)CC1. The standard InChI is InChI=1S/C23H25N3O4S/c27-22(10-14-24-31(28,29)17-13-18-6-2-1-3-7-18)26-15-11-19(12-16-26)23-25-20-8-4-5-9-21(20)30-23/h1-9,13,17,19,24H,10-12,14-16H2/b17-13+. The molecule has 2 heterocycles. The van der Waals surface area contributed by atoms with Gasteiger partial charge in [-0.25, -0.2) is 18.1 Å². The number of carbonyl (C=O) groups is 1. The highest BCUT2D eigenvalue weighted by Gasteiger charge is 2.27. The van der Waals surface area contributed by atoms with E-state index in [0.29, 0.717) is 13.1 Å². The molecule has 4 rings (SSSR count). The van der Waals surface area contributed by atoms with Crippen LogP contribution in [0.4, 0.5) is 0 Å². The number of piperidine rings is 1. The molecule has 1 aromatic heterocycles. The summed E-state index contributed by atoms with van der Waals surface area (Å²) in [5.74, 6) is 0.870. The fourth-order valence-electron chi connectivity index (χ4n) is 3.68. The van der Waals surface area contributed by atoms with Crippen molar-refractivity contribution >= 4 is 33.1 Å². The Balaban J connectivity index is 1.23. The summed E-state index contributed by atoms with van der Waals surface area (Å²) in [5, 5.41) is 1.12. The predicted molar refractivity (Wildman–Crippen MR) is 120 cm³/mol. The van der Waals surface area contributed by atoms with E-state index in [0.717, 1.165) is 40.8 Å². The van der Waals surface area contributed by atoms with Crippen molar-refractivity contribution in [3.8, 4) is 0 Å². The molecule has 1 aliphatic heterocycles. The van der Waals surface area contributed by atoms with Gasteiger partial charge in [-0.3, -0.25) is 4.79 Å². The average molecular weight is 440 g/mol. The van der Waals surface area contributed by atoms with Crippen molar-refractivity contribution < 1.29 is 17.6 Å². The van der Waals surface area contributed by atoms with Crippen molar-refractivity contribution in [1.29, 1.82) is 0 Å². The molecule has 0 unspecified atom stereocenters. The van der Waals surface area contributed by atoms with Crippen LogP contribution in [0, 0.1) is 0 Å². The van der Waals surface area contributed by atoms with Gasteiger partial charge in [0.2, 0.25) is 15.9 Å². The molecule has 1 N–H and O–H groups in total. The molecule has 0 aliphatic carbocycles. The lowest BCUT2D eigenvalue weighted by molar-refractivity contribution is -0.132. The lowest BCUT2D eigenvalue weighted by Crippen LogP contribution is -2.39. The summed E-state index contributed by atoms with van der Waals surface area (Å²) in [4.78, 5) is 18.8. The second-order valence-electron chi connectivity index (χ2n) is 7.58. The minimum atomic E-state index is -3.59. The molecule has 8 heteroatoms. The molecule has 1 aliphatic rings. The highest BCUT2D eigenvalue weighted by atomic mass is 32.2. The summed E-state index contributed by atoms with van der Waals surface area (Å²) in [6, 6.07) is 16.9. The van der Waals surface area contributed by atoms with Gasteiger partial charge in [0.1, 0.15) is 5.52 Å². The molecular weight excluding hydrogens is 414 g/mol. The van der Waals surface area contributed by atoms with E-state index in [9.17, 15) is 13.2 Å². The van der Waals surface area contributed by atoms with E-state index in [1.54, 1.807) is 4.90 Å². The first-order valence-corrected chi connectivity index (χ1v) is 11.9.